The summed E-state index contributed by atoms with van der Waals surface area (Å²) in [5.74, 6) is 0. The highest BCUT2D eigenvalue weighted by atomic mass is 35.5. The van der Waals surface area contributed by atoms with Crippen LogP contribution in [0.1, 0.15) is 12.5 Å². The van der Waals surface area contributed by atoms with Gasteiger partial charge in [0, 0.05) is 11.1 Å². The van der Waals surface area contributed by atoms with Gasteiger partial charge >= 0.3 is 0 Å². The minimum atomic E-state index is -3.46. The first-order valence-corrected chi connectivity index (χ1v) is 8.15. The second-order valence-corrected chi connectivity index (χ2v) is 6.82. The largest absolute Gasteiger partial charge is 0.240 e. The molecule has 0 aliphatic heterocycles. The number of sulfonamides is 1. The van der Waals surface area contributed by atoms with Crippen molar-refractivity contribution in [3.63, 3.8) is 0 Å². The predicted octanol–water partition coefficient (Wildman–Crippen LogP) is 3.25. The van der Waals surface area contributed by atoms with E-state index < -0.39 is 10.0 Å². The van der Waals surface area contributed by atoms with Gasteiger partial charge in [0.2, 0.25) is 10.0 Å². The van der Waals surface area contributed by atoms with Crippen LogP contribution in [0, 0.1) is 0 Å². The average molecular weight is 310 g/mol. The molecule has 0 saturated heterocycles. The van der Waals surface area contributed by atoms with Crippen molar-refractivity contribution in [1.82, 2.24) is 4.72 Å². The fourth-order valence-electron chi connectivity index (χ4n) is 1.95. The fraction of sp³-hybridized carbons (Fsp3) is 0.200. The lowest BCUT2D eigenvalue weighted by Crippen LogP contribution is -2.34. The summed E-state index contributed by atoms with van der Waals surface area (Å²) in [7, 11) is -3.46. The minimum absolute atomic E-state index is 0.193. The Bertz CT molecular complexity index is 654. The Balaban J connectivity index is 2.04. The monoisotopic (exact) mass is 309 g/mol. The van der Waals surface area contributed by atoms with Gasteiger partial charge < -0.3 is 0 Å². The molecule has 0 aromatic heterocycles. The first-order chi connectivity index (χ1) is 9.47. The second kappa shape index (κ2) is 6.39. The number of rotatable bonds is 5. The van der Waals surface area contributed by atoms with Gasteiger partial charge in [-0.3, -0.25) is 0 Å². The quantitative estimate of drug-likeness (QED) is 0.921. The molecule has 0 heterocycles. The van der Waals surface area contributed by atoms with Gasteiger partial charge in [0.25, 0.3) is 0 Å². The third kappa shape index (κ3) is 4.07. The van der Waals surface area contributed by atoms with Crippen molar-refractivity contribution >= 4 is 21.6 Å². The molecule has 0 aliphatic carbocycles. The molecule has 5 heteroatoms. The van der Waals surface area contributed by atoms with Gasteiger partial charge in [0.05, 0.1) is 4.90 Å². The van der Waals surface area contributed by atoms with Gasteiger partial charge in [-0.05, 0) is 43.2 Å². The molecule has 0 amide bonds. The maximum absolute atomic E-state index is 12.2. The summed E-state index contributed by atoms with van der Waals surface area (Å²) >= 11 is 5.82. The Kier molecular flexibility index (Phi) is 4.81. The third-order valence-corrected chi connectivity index (χ3v) is 4.72. The summed E-state index contributed by atoms with van der Waals surface area (Å²) in [5, 5.41) is 0.672. The summed E-state index contributed by atoms with van der Waals surface area (Å²) in [4.78, 5) is 0.281. The lowest BCUT2D eigenvalue weighted by molar-refractivity contribution is 0.560. The minimum Gasteiger partial charge on any atom is -0.208 e. The van der Waals surface area contributed by atoms with E-state index in [1.165, 1.54) is 0 Å². The van der Waals surface area contributed by atoms with Gasteiger partial charge in [-0.2, -0.15) is 0 Å². The maximum Gasteiger partial charge on any atom is 0.240 e. The molecule has 1 N–H and O–H groups in total. The van der Waals surface area contributed by atoms with Crippen molar-refractivity contribution in [3.8, 4) is 0 Å². The summed E-state index contributed by atoms with van der Waals surface area (Å²) in [5.41, 5.74) is 1.04. The van der Waals surface area contributed by atoms with E-state index in [9.17, 15) is 8.42 Å². The van der Waals surface area contributed by atoms with Crippen molar-refractivity contribution in [2.75, 3.05) is 0 Å². The van der Waals surface area contributed by atoms with Crippen molar-refractivity contribution < 1.29 is 8.42 Å². The van der Waals surface area contributed by atoms with Crippen LogP contribution >= 0.6 is 11.6 Å². The lowest BCUT2D eigenvalue weighted by atomic mass is 10.1. The van der Waals surface area contributed by atoms with E-state index in [0.29, 0.717) is 11.4 Å². The number of hydrogen-bond donors (Lipinski definition) is 1. The van der Waals surface area contributed by atoms with Crippen LogP contribution in [0.5, 0.6) is 0 Å². The van der Waals surface area contributed by atoms with E-state index in [4.69, 9.17) is 11.6 Å². The van der Waals surface area contributed by atoms with Crippen LogP contribution in [0.2, 0.25) is 5.02 Å². The highest BCUT2D eigenvalue weighted by Crippen LogP contribution is 2.13. The molecule has 2 aromatic rings. The van der Waals surface area contributed by atoms with Crippen molar-refractivity contribution in [1.29, 1.82) is 0 Å². The molecule has 0 saturated carbocycles. The van der Waals surface area contributed by atoms with Crippen LogP contribution in [0.4, 0.5) is 0 Å². The van der Waals surface area contributed by atoms with Gasteiger partial charge in [0.1, 0.15) is 0 Å². The zero-order valence-corrected chi connectivity index (χ0v) is 12.7. The molecule has 0 fully saturated rings. The Labute approximate surface area is 124 Å². The zero-order valence-electron chi connectivity index (χ0n) is 11.1. The molecule has 1 atom stereocenters. The van der Waals surface area contributed by atoms with E-state index in [1.54, 1.807) is 42.5 Å². The maximum atomic E-state index is 12.2. The van der Waals surface area contributed by atoms with E-state index in [-0.39, 0.29) is 10.9 Å². The predicted molar refractivity (Wildman–Crippen MR) is 81.4 cm³/mol. The van der Waals surface area contributed by atoms with E-state index in [0.717, 1.165) is 5.56 Å². The topological polar surface area (TPSA) is 46.2 Å². The molecular weight excluding hydrogens is 294 g/mol. The number of hydrogen-bond acceptors (Lipinski definition) is 2. The summed E-state index contributed by atoms with van der Waals surface area (Å²) in [6, 6.07) is 15.6. The first-order valence-electron chi connectivity index (χ1n) is 6.29. The third-order valence-electron chi connectivity index (χ3n) is 2.86. The first kappa shape index (κ1) is 15.0. The standard InChI is InChI=1S/C15H16ClNO2S/c1-12(11-13-7-9-14(16)10-8-13)17-20(18,19)15-5-3-2-4-6-15/h2-10,12,17H,11H2,1H3. The summed E-state index contributed by atoms with van der Waals surface area (Å²) < 4.78 is 27.0. The van der Waals surface area contributed by atoms with Crippen molar-refractivity contribution in [2.45, 2.75) is 24.3 Å². The smallest absolute Gasteiger partial charge is 0.208 e. The number of nitrogens with one attached hydrogen (secondary N) is 1. The Morgan fingerprint density at radius 1 is 1.05 bits per heavy atom. The lowest BCUT2D eigenvalue weighted by Gasteiger charge is -2.14. The zero-order chi connectivity index (χ0) is 14.6. The van der Waals surface area contributed by atoms with Crippen LogP contribution in [-0.2, 0) is 16.4 Å². The van der Waals surface area contributed by atoms with Crippen LogP contribution < -0.4 is 4.72 Å². The molecule has 0 spiro atoms. The van der Waals surface area contributed by atoms with Crippen LogP contribution in [-0.4, -0.2) is 14.5 Å². The SMILES string of the molecule is CC(Cc1ccc(Cl)cc1)NS(=O)(=O)c1ccccc1. The summed E-state index contributed by atoms with van der Waals surface area (Å²) in [6.45, 7) is 1.84. The fourth-order valence-corrected chi connectivity index (χ4v) is 3.34. The molecule has 0 aliphatic rings. The molecular formula is C15H16ClNO2S. The number of halogens is 1. The Morgan fingerprint density at radius 2 is 1.65 bits per heavy atom. The molecule has 0 radical (unpaired) electrons. The van der Waals surface area contributed by atoms with Crippen LogP contribution in [0.3, 0.4) is 0 Å². The Morgan fingerprint density at radius 3 is 2.25 bits per heavy atom. The highest BCUT2D eigenvalue weighted by Gasteiger charge is 2.16. The van der Waals surface area contributed by atoms with E-state index in [1.807, 2.05) is 19.1 Å². The van der Waals surface area contributed by atoms with Crippen LogP contribution in [0.25, 0.3) is 0 Å². The molecule has 106 valence electrons. The van der Waals surface area contributed by atoms with Gasteiger partial charge in [-0.1, -0.05) is 41.9 Å². The second-order valence-electron chi connectivity index (χ2n) is 4.67. The molecule has 3 nitrogen and oxygen atoms in total. The van der Waals surface area contributed by atoms with Crippen LogP contribution in [0.15, 0.2) is 59.5 Å². The molecule has 0 bridgehead atoms. The molecule has 2 aromatic carbocycles. The Hall–Kier alpha value is -1.36. The van der Waals surface area contributed by atoms with Gasteiger partial charge in [0.15, 0.2) is 0 Å². The average Bonchev–Trinajstić information content (AvgIpc) is 2.42. The normalized spacial score (nSPS) is 13.1. The van der Waals surface area contributed by atoms with Gasteiger partial charge in [-0.25, -0.2) is 13.1 Å². The number of benzene rings is 2. The molecule has 1 unspecified atom stereocenters. The van der Waals surface area contributed by atoms with Gasteiger partial charge in [-0.15, -0.1) is 0 Å². The van der Waals surface area contributed by atoms with E-state index in [2.05, 4.69) is 4.72 Å². The van der Waals surface area contributed by atoms with Crippen molar-refractivity contribution in [2.24, 2.45) is 0 Å². The summed E-state index contributed by atoms with van der Waals surface area (Å²) in [6.07, 6.45) is 0.614. The molecule has 20 heavy (non-hydrogen) atoms. The molecule has 2 rings (SSSR count). The van der Waals surface area contributed by atoms with Crippen molar-refractivity contribution in [3.05, 3.63) is 65.2 Å². The van der Waals surface area contributed by atoms with E-state index >= 15 is 0 Å². The highest BCUT2D eigenvalue weighted by molar-refractivity contribution is 7.89.